The highest BCUT2D eigenvalue weighted by Gasteiger charge is 2.28. The third-order valence-electron chi connectivity index (χ3n) is 4.77. The maximum Gasteiger partial charge on any atom is 0.364 e. The summed E-state index contributed by atoms with van der Waals surface area (Å²) in [5.74, 6) is 1.85. The first-order chi connectivity index (χ1) is 14.8. The van der Waals surface area contributed by atoms with Gasteiger partial charge in [-0.15, -0.1) is 10.2 Å². The molecule has 3 aromatic carbocycles. The van der Waals surface area contributed by atoms with Crippen LogP contribution >= 0.6 is 0 Å². The molecule has 0 unspecified atom stereocenters. The molecule has 6 heteroatoms. The Balaban J connectivity index is 0.000000491. The van der Waals surface area contributed by atoms with E-state index in [0.29, 0.717) is 0 Å². The van der Waals surface area contributed by atoms with E-state index in [0.717, 1.165) is 22.6 Å². The molecule has 5 nitrogen and oxygen atoms in total. The van der Waals surface area contributed by atoms with Gasteiger partial charge >= 0.3 is 11.5 Å². The Morgan fingerprint density at radius 2 is 0.806 bits per heavy atom. The van der Waals surface area contributed by atoms with Crippen molar-refractivity contribution in [2.24, 2.45) is 0 Å². The van der Waals surface area contributed by atoms with Crippen molar-refractivity contribution in [3.63, 3.8) is 0 Å². The summed E-state index contributed by atoms with van der Waals surface area (Å²) < 4.78 is 40.4. The summed E-state index contributed by atoms with van der Waals surface area (Å²) in [5, 5.41) is 0. The Kier molecular flexibility index (Phi) is 7.17. The summed E-state index contributed by atoms with van der Waals surface area (Å²) in [4.78, 5) is 0. The second-order valence-corrected chi connectivity index (χ2v) is 7.62. The molecular formula is C25H21ClO5. The Morgan fingerprint density at radius 3 is 1.13 bits per heavy atom. The van der Waals surface area contributed by atoms with Gasteiger partial charge in [-0.3, -0.25) is 0 Å². The quantitative estimate of drug-likeness (QED) is 0.459. The van der Waals surface area contributed by atoms with Gasteiger partial charge in [-0.2, -0.15) is 0 Å². The molecule has 0 N–H and O–H groups in total. The highest BCUT2D eigenvalue weighted by Crippen LogP contribution is 2.40. The van der Waals surface area contributed by atoms with Gasteiger partial charge in [0.05, 0.1) is 22.3 Å². The second kappa shape index (κ2) is 9.83. The number of hydrogen-bond donors (Lipinski definition) is 0. The van der Waals surface area contributed by atoms with Crippen molar-refractivity contribution in [3.8, 4) is 33.8 Å². The lowest BCUT2D eigenvalue weighted by molar-refractivity contribution is -2.00. The standard InChI is InChI=1S/C25H21O.ClHO4/c1-18-23(20-12-6-3-7-13-20)19(2)25(22-16-10-5-11-17-22)26-24(18)21-14-8-4-9-15-21;2-1(3,4)5/h3-17H,1-2H3;(H,2,3,4,5)/q+1;/p-1. The Labute approximate surface area is 183 Å². The summed E-state index contributed by atoms with van der Waals surface area (Å²) in [6.45, 7) is 4.30. The van der Waals surface area contributed by atoms with Crippen LogP contribution in [-0.2, 0) is 0 Å². The van der Waals surface area contributed by atoms with E-state index < -0.39 is 10.2 Å². The molecule has 1 heterocycles. The Bertz CT molecular complexity index is 1060. The monoisotopic (exact) mass is 436 g/mol. The summed E-state index contributed by atoms with van der Waals surface area (Å²) in [5.41, 5.74) is 6.99. The topological polar surface area (TPSA) is 104 Å². The van der Waals surface area contributed by atoms with E-state index in [1.807, 2.05) is 12.1 Å². The number of halogens is 1. The average molecular weight is 437 g/mol. The van der Waals surface area contributed by atoms with Gasteiger partial charge < -0.3 is 0 Å². The van der Waals surface area contributed by atoms with Gasteiger partial charge in [0.1, 0.15) is 0 Å². The minimum absolute atomic E-state index is 0.925. The van der Waals surface area contributed by atoms with Crippen molar-refractivity contribution >= 4 is 0 Å². The molecule has 0 aliphatic carbocycles. The fourth-order valence-corrected chi connectivity index (χ4v) is 3.53. The Hall–Kier alpha value is -3.06. The van der Waals surface area contributed by atoms with Crippen LogP contribution in [0.15, 0.2) is 95.4 Å². The van der Waals surface area contributed by atoms with Crippen molar-refractivity contribution in [1.29, 1.82) is 0 Å². The van der Waals surface area contributed by atoms with Crippen LogP contribution in [0.2, 0.25) is 0 Å². The lowest BCUT2D eigenvalue weighted by Crippen LogP contribution is -2.68. The highest BCUT2D eigenvalue weighted by molar-refractivity contribution is 5.82. The average Bonchev–Trinajstić information content (AvgIpc) is 2.75. The summed E-state index contributed by atoms with van der Waals surface area (Å²) in [6.07, 6.45) is 0. The van der Waals surface area contributed by atoms with Crippen molar-refractivity contribution in [2.75, 3.05) is 0 Å². The van der Waals surface area contributed by atoms with Crippen LogP contribution in [0, 0.1) is 24.1 Å². The van der Waals surface area contributed by atoms with E-state index >= 15 is 0 Å². The minimum Gasteiger partial charge on any atom is -0.222 e. The van der Waals surface area contributed by atoms with Gasteiger partial charge in [-0.25, -0.2) is 23.1 Å². The van der Waals surface area contributed by atoms with Crippen LogP contribution < -0.4 is 18.6 Å². The summed E-state index contributed by atoms with van der Waals surface area (Å²) in [7, 11) is -4.94. The first kappa shape index (κ1) is 22.6. The molecule has 0 aliphatic rings. The van der Waals surface area contributed by atoms with Crippen molar-refractivity contribution in [3.05, 3.63) is 102 Å². The lowest BCUT2D eigenvalue weighted by atomic mass is 9.92. The van der Waals surface area contributed by atoms with Crippen LogP contribution in [-0.4, -0.2) is 0 Å². The predicted molar refractivity (Wildman–Crippen MR) is 109 cm³/mol. The zero-order valence-corrected chi connectivity index (χ0v) is 17.8. The van der Waals surface area contributed by atoms with Crippen molar-refractivity contribution < 1.29 is 33.3 Å². The summed E-state index contributed by atoms with van der Waals surface area (Å²) in [6, 6.07) is 31.2. The zero-order valence-electron chi connectivity index (χ0n) is 17.1. The molecule has 0 fully saturated rings. The molecule has 0 atom stereocenters. The molecule has 0 bridgehead atoms. The first-order valence-corrected chi connectivity index (χ1v) is 10.7. The maximum absolute atomic E-state index is 8.49. The molecule has 0 spiro atoms. The number of hydrogen-bond acceptors (Lipinski definition) is 4. The Morgan fingerprint density at radius 1 is 0.516 bits per heavy atom. The van der Waals surface area contributed by atoms with E-state index in [1.165, 1.54) is 22.3 Å². The maximum atomic E-state index is 8.49. The smallest absolute Gasteiger partial charge is 0.222 e. The normalized spacial score (nSPS) is 10.9. The van der Waals surface area contributed by atoms with E-state index in [2.05, 4.69) is 92.7 Å². The van der Waals surface area contributed by atoms with Crippen molar-refractivity contribution in [2.45, 2.75) is 13.8 Å². The van der Waals surface area contributed by atoms with E-state index in [4.69, 9.17) is 23.1 Å². The molecule has 0 radical (unpaired) electrons. The fraction of sp³-hybridized carbons (Fsp3) is 0.0800. The van der Waals surface area contributed by atoms with E-state index in [1.54, 1.807) is 0 Å². The molecule has 31 heavy (non-hydrogen) atoms. The molecule has 0 saturated carbocycles. The van der Waals surface area contributed by atoms with Gasteiger partial charge in [-0.05, 0) is 43.7 Å². The van der Waals surface area contributed by atoms with E-state index in [9.17, 15) is 0 Å². The lowest BCUT2D eigenvalue weighted by Gasteiger charge is -2.17. The molecule has 158 valence electrons. The van der Waals surface area contributed by atoms with Gasteiger partial charge in [0.25, 0.3) is 0 Å². The highest BCUT2D eigenvalue weighted by atomic mass is 35.7. The zero-order chi connectivity index (χ0) is 22.4. The van der Waals surface area contributed by atoms with E-state index in [-0.39, 0.29) is 0 Å². The molecule has 0 amide bonds. The minimum atomic E-state index is -4.94. The molecule has 0 saturated heterocycles. The van der Waals surface area contributed by atoms with Gasteiger partial charge in [0.2, 0.25) is 0 Å². The number of benzene rings is 3. The third-order valence-corrected chi connectivity index (χ3v) is 4.77. The van der Waals surface area contributed by atoms with Crippen molar-refractivity contribution in [1.82, 2.24) is 0 Å². The predicted octanol–water partition coefficient (Wildman–Crippen LogP) is 2.42. The largest absolute Gasteiger partial charge is 0.364 e. The SMILES string of the molecule is Cc1c(-c2ccccc2)[o+]c(-c2ccccc2)c(C)c1-c1ccccc1.[O-][Cl+3]([O-])([O-])[O-]. The van der Waals surface area contributed by atoms with Gasteiger partial charge in [0, 0.05) is 5.56 Å². The van der Waals surface area contributed by atoms with Crippen LogP contribution in [0.3, 0.4) is 0 Å². The fourth-order valence-electron chi connectivity index (χ4n) is 3.53. The first-order valence-electron chi connectivity index (χ1n) is 9.51. The third kappa shape index (κ3) is 5.98. The molecular weight excluding hydrogens is 416 g/mol. The number of rotatable bonds is 3. The molecule has 0 aliphatic heterocycles. The van der Waals surface area contributed by atoms with Gasteiger partial charge in [0.15, 0.2) is 0 Å². The van der Waals surface area contributed by atoms with Crippen LogP contribution in [0.25, 0.3) is 33.8 Å². The van der Waals surface area contributed by atoms with Crippen LogP contribution in [0.5, 0.6) is 0 Å². The van der Waals surface area contributed by atoms with Gasteiger partial charge in [-0.1, -0.05) is 66.7 Å². The molecule has 1 aromatic heterocycles. The van der Waals surface area contributed by atoms with Crippen LogP contribution in [0.4, 0.5) is 0 Å². The second-order valence-electron chi connectivity index (χ2n) is 6.86. The van der Waals surface area contributed by atoms with Crippen LogP contribution in [0.1, 0.15) is 11.1 Å². The molecule has 4 aromatic rings. The molecule has 4 rings (SSSR count). The summed E-state index contributed by atoms with van der Waals surface area (Å²) >= 11 is 0.